The Morgan fingerprint density at radius 3 is 2.54 bits per heavy atom. The van der Waals surface area contributed by atoms with Crippen molar-refractivity contribution in [2.75, 3.05) is 21.3 Å². The van der Waals surface area contributed by atoms with Gasteiger partial charge in [0, 0.05) is 11.6 Å². The Morgan fingerprint density at radius 1 is 1.04 bits per heavy atom. The van der Waals surface area contributed by atoms with Crippen molar-refractivity contribution < 1.29 is 14.2 Å². The van der Waals surface area contributed by atoms with Crippen LogP contribution in [0, 0.1) is 4.77 Å². The third kappa shape index (κ3) is 3.45. The molecule has 0 saturated carbocycles. The van der Waals surface area contributed by atoms with E-state index >= 15 is 0 Å². The van der Waals surface area contributed by atoms with Gasteiger partial charge in [0.25, 0.3) is 0 Å². The van der Waals surface area contributed by atoms with Gasteiger partial charge < -0.3 is 14.2 Å². The highest BCUT2D eigenvalue weighted by Gasteiger charge is 2.14. The number of rotatable bonds is 6. The van der Waals surface area contributed by atoms with Crippen LogP contribution in [0.25, 0.3) is 11.4 Å². The summed E-state index contributed by atoms with van der Waals surface area (Å²) in [5.41, 5.74) is 1.56. The molecule has 0 amide bonds. The number of hydrogen-bond donors (Lipinski definition) is 1. The van der Waals surface area contributed by atoms with E-state index in [4.69, 9.17) is 26.4 Å². The van der Waals surface area contributed by atoms with Gasteiger partial charge in [0.15, 0.2) is 5.82 Å². The van der Waals surface area contributed by atoms with E-state index in [0.717, 1.165) is 16.9 Å². The molecule has 0 saturated heterocycles. The topological polar surface area (TPSA) is 73.7 Å². The minimum absolute atomic E-state index is 0.365. The first kappa shape index (κ1) is 17.7. The van der Waals surface area contributed by atoms with Gasteiger partial charge in [-0.3, -0.25) is 0 Å². The smallest absolute Gasteiger partial charge is 0.216 e. The first-order valence-corrected chi connectivity index (χ1v) is 8.16. The summed E-state index contributed by atoms with van der Waals surface area (Å²) in [4.78, 5) is 0. The molecule has 7 nitrogen and oxygen atoms in total. The van der Waals surface area contributed by atoms with Gasteiger partial charge in [-0.05, 0) is 36.5 Å². The number of ether oxygens (including phenoxy) is 3. The van der Waals surface area contributed by atoms with Crippen molar-refractivity contribution in [2.45, 2.75) is 0 Å². The zero-order chi connectivity index (χ0) is 18.5. The van der Waals surface area contributed by atoms with Crippen LogP contribution >= 0.6 is 12.2 Å². The van der Waals surface area contributed by atoms with E-state index in [2.05, 4.69) is 15.3 Å². The van der Waals surface area contributed by atoms with E-state index in [1.165, 1.54) is 4.68 Å². The van der Waals surface area contributed by atoms with Gasteiger partial charge in [0.1, 0.15) is 17.2 Å². The third-order valence-corrected chi connectivity index (χ3v) is 4.02. The first-order chi connectivity index (χ1) is 12.7. The molecule has 134 valence electrons. The second kappa shape index (κ2) is 7.83. The van der Waals surface area contributed by atoms with E-state index in [9.17, 15) is 0 Å². The normalized spacial score (nSPS) is 10.9. The van der Waals surface area contributed by atoms with E-state index in [1.807, 2.05) is 36.4 Å². The number of benzene rings is 2. The number of hydrogen-bond acceptors (Lipinski definition) is 6. The van der Waals surface area contributed by atoms with E-state index < -0.39 is 0 Å². The fourth-order valence-electron chi connectivity index (χ4n) is 2.45. The van der Waals surface area contributed by atoms with Crippen molar-refractivity contribution >= 4 is 18.4 Å². The molecule has 3 aromatic rings. The molecule has 1 heterocycles. The lowest BCUT2D eigenvalue weighted by Crippen LogP contribution is -1.98. The number of aromatic nitrogens is 3. The lowest BCUT2D eigenvalue weighted by molar-refractivity contribution is 0.395. The van der Waals surface area contributed by atoms with Crippen LogP contribution in [0.1, 0.15) is 5.56 Å². The fourth-order valence-corrected chi connectivity index (χ4v) is 2.63. The van der Waals surface area contributed by atoms with E-state index in [0.29, 0.717) is 22.1 Å². The summed E-state index contributed by atoms with van der Waals surface area (Å²) >= 11 is 5.31. The molecular weight excluding hydrogens is 352 g/mol. The maximum atomic E-state index is 5.45. The van der Waals surface area contributed by atoms with Gasteiger partial charge in [0.05, 0.1) is 33.1 Å². The van der Waals surface area contributed by atoms with Crippen molar-refractivity contribution in [1.82, 2.24) is 14.9 Å². The molecule has 2 aromatic carbocycles. The molecule has 0 fully saturated rings. The summed E-state index contributed by atoms with van der Waals surface area (Å²) in [6.45, 7) is 0. The van der Waals surface area contributed by atoms with Crippen LogP contribution in [0.2, 0.25) is 0 Å². The molecule has 26 heavy (non-hydrogen) atoms. The highest BCUT2D eigenvalue weighted by molar-refractivity contribution is 7.71. The quantitative estimate of drug-likeness (QED) is 0.531. The molecule has 0 bridgehead atoms. The van der Waals surface area contributed by atoms with Gasteiger partial charge in [-0.25, -0.2) is 5.10 Å². The monoisotopic (exact) mass is 370 g/mol. The minimum atomic E-state index is 0.365. The highest BCUT2D eigenvalue weighted by Crippen LogP contribution is 2.32. The third-order valence-electron chi connectivity index (χ3n) is 3.75. The summed E-state index contributed by atoms with van der Waals surface area (Å²) in [5.74, 6) is 2.53. The Hall–Kier alpha value is -3.13. The van der Waals surface area contributed by atoms with Crippen LogP contribution in [-0.4, -0.2) is 42.4 Å². The fraction of sp³-hybridized carbons (Fsp3) is 0.167. The second-order valence-electron chi connectivity index (χ2n) is 5.22. The van der Waals surface area contributed by atoms with Crippen LogP contribution in [0.5, 0.6) is 17.2 Å². The second-order valence-corrected chi connectivity index (χ2v) is 5.60. The number of para-hydroxylation sites is 1. The first-order valence-electron chi connectivity index (χ1n) is 7.75. The molecule has 0 unspecified atom stereocenters. The number of methoxy groups -OCH3 is 3. The zero-order valence-electron chi connectivity index (χ0n) is 14.6. The number of H-pyrrole nitrogens is 1. The summed E-state index contributed by atoms with van der Waals surface area (Å²) in [6, 6.07) is 13.0. The van der Waals surface area contributed by atoms with Crippen LogP contribution < -0.4 is 14.2 Å². The van der Waals surface area contributed by atoms with Crippen molar-refractivity contribution in [3.8, 4) is 28.6 Å². The van der Waals surface area contributed by atoms with Gasteiger partial charge >= 0.3 is 0 Å². The molecule has 0 radical (unpaired) electrons. The largest absolute Gasteiger partial charge is 0.497 e. The molecule has 1 N–H and O–H groups in total. The van der Waals surface area contributed by atoms with Crippen LogP contribution in [0.3, 0.4) is 0 Å². The van der Waals surface area contributed by atoms with Gasteiger partial charge in [-0.15, -0.1) is 0 Å². The Morgan fingerprint density at radius 2 is 1.81 bits per heavy atom. The lowest BCUT2D eigenvalue weighted by atomic mass is 10.2. The number of nitrogens with zero attached hydrogens (tertiary/aromatic N) is 3. The Labute approximate surface area is 155 Å². The van der Waals surface area contributed by atoms with Crippen molar-refractivity contribution in [2.24, 2.45) is 5.10 Å². The summed E-state index contributed by atoms with van der Waals surface area (Å²) in [6.07, 6.45) is 1.67. The van der Waals surface area contributed by atoms with Crippen molar-refractivity contribution in [3.63, 3.8) is 0 Å². The van der Waals surface area contributed by atoms with E-state index in [-0.39, 0.29) is 0 Å². The summed E-state index contributed by atoms with van der Waals surface area (Å²) in [7, 11) is 4.80. The van der Waals surface area contributed by atoms with Crippen molar-refractivity contribution in [1.29, 1.82) is 0 Å². The minimum Gasteiger partial charge on any atom is -0.497 e. The van der Waals surface area contributed by atoms with E-state index in [1.54, 1.807) is 33.6 Å². The summed E-state index contributed by atoms with van der Waals surface area (Å²) in [5, 5.41) is 11.5. The molecule has 1 aromatic heterocycles. The number of aromatic amines is 1. The molecule has 0 atom stereocenters. The predicted molar refractivity (Wildman–Crippen MR) is 102 cm³/mol. The molecule has 0 spiro atoms. The Kier molecular flexibility index (Phi) is 5.33. The van der Waals surface area contributed by atoms with Crippen molar-refractivity contribution in [3.05, 3.63) is 52.8 Å². The number of nitrogens with one attached hydrogen (secondary N) is 1. The maximum Gasteiger partial charge on any atom is 0.216 e. The molecule has 0 aliphatic heterocycles. The molecule has 0 aliphatic rings. The average Bonchev–Trinajstić information content (AvgIpc) is 3.06. The van der Waals surface area contributed by atoms with Crippen LogP contribution in [0.4, 0.5) is 0 Å². The SMILES string of the molecule is COc1ccc(-c2n[nH]c(=S)n2/N=C\c2ccccc2OC)c(OC)c1. The molecular formula is C18H18N4O3S. The Bertz CT molecular complexity index is 994. The van der Waals surface area contributed by atoms with Crippen LogP contribution in [-0.2, 0) is 0 Å². The van der Waals surface area contributed by atoms with Gasteiger partial charge in [-0.1, -0.05) is 12.1 Å². The average molecular weight is 370 g/mol. The standard InChI is InChI=1S/C18H18N4O3S/c1-23-13-8-9-14(16(10-13)25-3)17-20-21-18(26)22(17)19-11-12-6-4-5-7-15(12)24-2/h4-11H,1-3H3,(H,21,26)/b19-11-. The molecule has 3 rings (SSSR count). The highest BCUT2D eigenvalue weighted by atomic mass is 32.1. The molecule has 0 aliphatic carbocycles. The predicted octanol–water partition coefficient (Wildman–Crippen LogP) is 3.52. The summed E-state index contributed by atoms with van der Waals surface area (Å²) < 4.78 is 17.9. The van der Waals surface area contributed by atoms with Crippen LogP contribution in [0.15, 0.2) is 47.6 Å². The van der Waals surface area contributed by atoms with Gasteiger partial charge in [0.2, 0.25) is 4.77 Å². The zero-order valence-corrected chi connectivity index (χ0v) is 15.4. The van der Waals surface area contributed by atoms with Gasteiger partial charge in [-0.2, -0.15) is 14.9 Å². The maximum absolute atomic E-state index is 5.45. The lowest BCUT2D eigenvalue weighted by Gasteiger charge is -2.09. The Balaban J connectivity index is 2.05. The molecule has 8 heteroatoms.